The van der Waals surface area contributed by atoms with Crippen LogP contribution in [0.4, 0.5) is 0 Å². The van der Waals surface area contributed by atoms with E-state index in [0.29, 0.717) is 5.56 Å². The van der Waals surface area contributed by atoms with Crippen molar-refractivity contribution in [3.05, 3.63) is 29.8 Å². The van der Waals surface area contributed by atoms with Crippen LogP contribution in [-0.2, 0) is 4.79 Å². The maximum absolute atomic E-state index is 12.2. The van der Waals surface area contributed by atoms with E-state index in [2.05, 4.69) is 4.90 Å². The van der Waals surface area contributed by atoms with Crippen molar-refractivity contribution in [2.45, 2.75) is 18.9 Å². The second-order valence-corrected chi connectivity index (χ2v) is 6.41. The molecule has 0 aliphatic carbocycles. The molecule has 1 aromatic carbocycles. The molecule has 1 aromatic rings. The average molecular weight is 296 g/mol. The third-order valence-corrected chi connectivity index (χ3v) is 5.28. The fraction of sp³-hybridized carbons (Fsp3) is 0.385. The zero-order valence-electron chi connectivity index (χ0n) is 9.76. The van der Waals surface area contributed by atoms with Crippen molar-refractivity contribution < 1.29 is 9.59 Å². The molecular formula is C13H15NO2Se. The minimum absolute atomic E-state index is 0.0645. The summed E-state index contributed by atoms with van der Waals surface area (Å²) in [4.78, 5) is 25.2. The summed E-state index contributed by atoms with van der Waals surface area (Å²) in [5.41, 5.74) is 0.654. The summed E-state index contributed by atoms with van der Waals surface area (Å²) in [6.45, 7) is 1.00. The number of likely N-dealkylation sites (N-methyl/N-ethyl adjacent to an activating group) is 1. The standard InChI is InChI=1S/C13H15NO2Se/c1-14-8-4-6-11(14)13(16)17-12-7-3-2-5-10(12)9-15/h2-3,5,7,9,11H,4,6,8H2,1H3/t11-/m0/s1. The third kappa shape index (κ3) is 2.83. The zero-order chi connectivity index (χ0) is 12.3. The number of rotatable bonds is 4. The molecule has 0 unspecified atom stereocenters. The number of aldehydes is 1. The quantitative estimate of drug-likeness (QED) is 0.598. The van der Waals surface area contributed by atoms with Crippen LogP contribution in [0.5, 0.6) is 0 Å². The number of nitrogens with zero attached hydrogens (tertiary/aromatic N) is 1. The van der Waals surface area contributed by atoms with Gasteiger partial charge in [-0.15, -0.1) is 0 Å². The Morgan fingerprint density at radius 1 is 1.47 bits per heavy atom. The SMILES string of the molecule is CN1CCC[C@H]1C(=O)[Se]c1ccccc1C=O. The number of hydrogen-bond acceptors (Lipinski definition) is 3. The van der Waals surface area contributed by atoms with Crippen LogP contribution in [0.1, 0.15) is 23.2 Å². The molecule has 3 nitrogen and oxygen atoms in total. The van der Waals surface area contributed by atoms with E-state index in [-0.39, 0.29) is 25.7 Å². The first-order chi connectivity index (χ1) is 8.22. The van der Waals surface area contributed by atoms with Gasteiger partial charge in [0.25, 0.3) is 0 Å². The van der Waals surface area contributed by atoms with Crippen molar-refractivity contribution in [2.75, 3.05) is 13.6 Å². The zero-order valence-corrected chi connectivity index (χ0v) is 11.5. The molecular weight excluding hydrogens is 281 g/mol. The van der Waals surface area contributed by atoms with Gasteiger partial charge < -0.3 is 0 Å². The van der Waals surface area contributed by atoms with Crippen molar-refractivity contribution in [3.8, 4) is 0 Å². The van der Waals surface area contributed by atoms with Gasteiger partial charge in [-0.2, -0.15) is 0 Å². The van der Waals surface area contributed by atoms with E-state index >= 15 is 0 Å². The molecule has 0 amide bonds. The summed E-state index contributed by atoms with van der Waals surface area (Å²) in [7, 11) is 2.00. The van der Waals surface area contributed by atoms with E-state index in [1.165, 1.54) is 0 Å². The van der Waals surface area contributed by atoms with Crippen LogP contribution in [-0.4, -0.2) is 50.5 Å². The van der Waals surface area contributed by atoms with Crippen LogP contribution in [0.2, 0.25) is 0 Å². The monoisotopic (exact) mass is 297 g/mol. The van der Waals surface area contributed by atoms with Gasteiger partial charge in [0.2, 0.25) is 0 Å². The van der Waals surface area contributed by atoms with E-state index in [1.807, 2.05) is 25.2 Å². The summed E-state index contributed by atoms with van der Waals surface area (Å²) in [6.07, 6.45) is 2.89. The van der Waals surface area contributed by atoms with Crippen LogP contribution in [0, 0.1) is 0 Å². The molecule has 1 atom stereocenters. The molecule has 0 aromatic heterocycles. The number of benzene rings is 1. The van der Waals surface area contributed by atoms with E-state index in [0.717, 1.165) is 30.1 Å². The first-order valence-corrected chi connectivity index (χ1v) is 7.40. The normalized spacial score (nSPS) is 20.4. The molecule has 1 fully saturated rings. The molecule has 1 aliphatic rings. The molecule has 0 spiro atoms. The van der Waals surface area contributed by atoms with Crippen molar-refractivity contribution in [1.29, 1.82) is 0 Å². The van der Waals surface area contributed by atoms with E-state index in [9.17, 15) is 9.59 Å². The van der Waals surface area contributed by atoms with Gasteiger partial charge in [0, 0.05) is 0 Å². The van der Waals surface area contributed by atoms with Crippen molar-refractivity contribution in [1.82, 2.24) is 4.90 Å². The van der Waals surface area contributed by atoms with Gasteiger partial charge in [-0.1, -0.05) is 0 Å². The van der Waals surface area contributed by atoms with Gasteiger partial charge in [-0.3, -0.25) is 0 Å². The summed E-state index contributed by atoms with van der Waals surface area (Å²) < 4.78 is 1.19. The Bertz CT molecular complexity index is 433. The molecule has 0 saturated carbocycles. The van der Waals surface area contributed by atoms with Crippen LogP contribution >= 0.6 is 0 Å². The molecule has 17 heavy (non-hydrogen) atoms. The summed E-state index contributed by atoms with van der Waals surface area (Å²) >= 11 is -0.249. The molecule has 2 rings (SSSR count). The van der Waals surface area contributed by atoms with E-state index < -0.39 is 0 Å². The number of likely N-dealkylation sites (tertiary alicyclic amines) is 1. The molecule has 1 saturated heterocycles. The van der Waals surface area contributed by atoms with Crippen LogP contribution in [0.3, 0.4) is 0 Å². The van der Waals surface area contributed by atoms with Gasteiger partial charge in [-0.25, -0.2) is 0 Å². The summed E-state index contributed by atoms with van der Waals surface area (Å²) in [5, 5.41) is 0. The molecule has 0 bridgehead atoms. The second kappa shape index (κ2) is 5.58. The van der Waals surface area contributed by atoms with Gasteiger partial charge >= 0.3 is 107 Å². The van der Waals surface area contributed by atoms with Crippen molar-refractivity contribution >= 4 is 30.4 Å². The Balaban J connectivity index is 2.10. The van der Waals surface area contributed by atoms with Gasteiger partial charge in [0.15, 0.2) is 0 Å². The topological polar surface area (TPSA) is 37.4 Å². The third-order valence-electron chi connectivity index (χ3n) is 3.05. The fourth-order valence-electron chi connectivity index (χ4n) is 2.06. The molecule has 1 heterocycles. The Morgan fingerprint density at radius 2 is 2.24 bits per heavy atom. The van der Waals surface area contributed by atoms with Crippen LogP contribution < -0.4 is 4.46 Å². The predicted octanol–water partition coefficient (Wildman–Crippen LogP) is 0.449. The van der Waals surface area contributed by atoms with E-state index in [4.69, 9.17) is 0 Å². The van der Waals surface area contributed by atoms with Crippen LogP contribution in [0.15, 0.2) is 24.3 Å². The Labute approximate surface area is 107 Å². The Morgan fingerprint density at radius 3 is 2.88 bits per heavy atom. The first-order valence-electron chi connectivity index (χ1n) is 5.68. The molecule has 1 aliphatic heterocycles. The maximum atomic E-state index is 12.2. The van der Waals surface area contributed by atoms with Gasteiger partial charge in [0.05, 0.1) is 0 Å². The first kappa shape index (κ1) is 12.5. The summed E-state index contributed by atoms with van der Waals surface area (Å²) in [5.74, 6) is 0. The van der Waals surface area contributed by atoms with Gasteiger partial charge in [-0.05, 0) is 0 Å². The molecule has 4 heteroatoms. The van der Waals surface area contributed by atoms with Crippen LogP contribution in [0.25, 0.3) is 0 Å². The Kier molecular flexibility index (Phi) is 4.10. The average Bonchev–Trinajstić information content (AvgIpc) is 2.76. The predicted molar refractivity (Wildman–Crippen MR) is 67.9 cm³/mol. The molecule has 0 N–H and O–H groups in total. The fourth-order valence-corrected chi connectivity index (χ4v) is 4.22. The number of carbonyl (C=O) groups excluding carboxylic acids is 2. The summed E-state index contributed by atoms with van der Waals surface area (Å²) in [6, 6.07) is 7.44. The molecule has 0 radical (unpaired) electrons. The number of carbonyl (C=O) groups is 2. The van der Waals surface area contributed by atoms with E-state index in [1.54, 1.807) is 6.07 Å². The van der Waals surface area contributed by atoms with Gasteiger partial charge in [0.1, 0.15) is 0 Å². The Hall–Kier alpha value is -0.961. The second-order valence-electron chi connectivity index (χ2n) is 4.22. The van der Waals surface area contributed by atoms with Crippen molar-refractivity contribution in [2.24, 2.45) is 0 Å². The van der Waals surface area contributed by atoms with Crippen molar-refractivity contribution in [3.63, 3.8) is 0 Å². The number of hydrogen-bond donors (Lipinski definition) is 0. The minimum atomic E-state index is -0.249. The molecule has 90 valence electrons.